The number of carbonyl (C=O) groups is 3. The number of aromatic nitrogens is 2. The van der Waals surface area contributed by atoms with Crippen molar-refractivity contribution in [3.63, 3.8) is 0 Å². The van der Waals surface area contributed by atoms with Gasteiger partial charge in [-0.2, -0.15) is 0 Å². The zero-order valence-corrected chi connectivity index (χ0v) is 21.3. The van der Waals surface area contributed by atoms with Gasteiger partial charge >= 0.3 is 5.97 Å². The first-order valence-corrected chi connectivity index (χ1v) is 13.5. The number of carbonyl (C=O) groups excluding carboxylic acids is 3. The molecule has 1 aliphatic carbocycles. The fourth-order valence-corrected chi connectivity index (χ4v) is 6.40. The van der Waals surface area contributed by atoms with Crippen LogP contribution in [-0.4, -0.2) is 40.3 Å². The molecule has 2 aromatic heterocycles. The van der Waals surface area contributed by atoms with E-state index in [9.17, 15) is 14.4 Å². The molecule has 0 saturated heterocycles. The molecular weight excluding hydrogens is 492 g/mol. The Morgan fingerprint density at radius 2 is 1.82 bits per heavy atom. The molecule has 0 fully saturated rings. The quantitative estimate of drug-likeness (QED) is 0.248. The second kappa shape index (κ2) is 11.1. The smallest absolute Gasteiger partial charge is 0.341 e. The second-order valence-corrected chi connectivity index (χ2v) is 11.0. The van der Waals surface area contributed by atoms with Gasteiger partial charge in [0.1, 0.15) is 5.00 Å². The van der Waals surface area contributed by atoms with E-state index in [2.05, 4.69) is 20.8 Å². The normalized spacial score (nSPS) is 12.6. The van der Waals surface area contributed by atoms with Crippen LogP contribution in [0, 0.1) is 6.92 Å². The number of thioether (sulfide) groups is 1. The van der Waals surface area contributed by atoms with Crippen molar-refractivity contribution in [2.45, 2.75) is 43.9 Å². The summed E-state index contributed by atoms with van der Waals surface area (Å²) < 4.78 is 5.80. The van der Waals surface area contributed by atoms with E-state index in [0.29, 0.717) is 25.6 Å². The van der Waals surface area contributed by atoms with Gasteiger partial charge in [-0.3, -0.25) is 14.9 Å². The maximum absolute atomic E-state index is 12.6. The molecule has 3 aromatic rings. The van der Waals surface area contributed by atoms with Crippen molar-refractivity contribution in [1.29, 1.82) is 0 Å². The highest BCUT2D eigenvalue weighted by molar-refractivity contribution is 8.01. The number of aryl methyl sites for hydroxylation is 2. The number of hydrogen-bond acceptors (Lipinski definition) is 9. The number of esters is 1. The summed E-state index contributed by atoms with van der Waals surface area (Å²) in [7, 11) is 0. The zero-order valence-electron chi connectivity index (χ0n) is 18.8. The topological polar surface area (TPSA) is 110 Å². The van der Waals surface area contributed by atoms with Gasteiger partial charge in [-0.05, 0) is 57.2 Å². The molecular formula is C23H24N4O4S3. The molecule has 1 aliphatic rings. The maximum Gasteiger partial charge on any atom is 0.341 e. The van der Waals surface area contributed by atoms with Crippen LogP contribution in [0.4, 0.5) is 10.1 Å². The molecule has 11 heteroatoms. The minimum Gasteiger partial charge on any atom is -0.462 e. The third-order valence-electron chi connectivity index (χ3n) is 5.17. The summed E-state index contributed by atoms with van der Waals surface area (Å²) in [6, 6.07) is 7.23. The van der Waals surface area contributed by atoms with Crippen LogP contribution in [0.25, 0.3) is 0 Å². The first-order chi connectivity index (χ1) is 16.4. The van der Waals surface area contributed by atoms with Gasteiger partial charge in [0.25, 0.3) is 5.91 Å². The minimum atomic E-state index is -0.386. The molecule has 8 nitrogen and oxygen atoms in total. The predicted molar refractivity (Wildman–Crippen MR) is 135 cm³/mol. The summed E-state index contributed by atoms with van der Waals surface area (Å²) in [6.45, 7) is 4.01. The Hall–Kier alpha value is -2.76. The van der Waals surface area contributed by atoms with Gasteiger partial charge < -0.3 is 10.1 Å². The van der Waals surface area contributed by atoms with Gasteiger partial charge in [-0.15, -0.1) is 21.5 Å². The van der Waals surface area contributed by atoms with Crippen molar-refractivity contribution < 1.29 is 19.1 Å². The van der Waals surface area contributed by atoms with Crippen molar-refractivity contribution in [2.75, 3.05) is 23.0 Å². The molecule has 0 unspecified atom stereocenters. The van der Waals surface area contributed by atoms with Crippen molar-refractivity contribution >= 4 is 62.4 Å². The summed E-state index contributed by atoms with van der Waals surface area (Å²) >= 11 is 3.89. The molecule has 0 saturated carbocycles. The van der Waals surface area contributed by atoms with Gasteiger partial charge in [0.15, 0.2) is 4.34 Å². The summed E-state index contributed by atoms with van der Waals surface area (Å²) in [5.74, 6) is -0.790. The summed E-state index contributed by atoms with van der Waals surface area (Å²) in [5, 5.41) is 14.6. The number of nitrogens with zero attached hydrogens (tertiary/aromatic N) is 2. The largest absolute Gasteiger partial charge is 0.462 e. The average Bonchev–Trinajstić information content (AvgIpc) is 3.42. The third kappa shape index (κ3) is 5.83. The van der Waals surface area contributed by atoms with Gasteiger partial charge in [-0.1, -0.05) is 40.8 Å². The maximum atomic E-state index is 12.6. The Labute approximate surface area is 209 Å². The molecule has 1 aromatic carbocycles. The van der Waals surface area contributed by atoms with Crippen LogP contribution in [0.3, 0.4) is 0 Å². The molecule has 0 aliphatic heterocycles. The fourth-order valence-electron chi connectivity index (χ4n) is 3.56. The lowest BCUT2D eigenvalue weighted by atomic mass is 9.95. The molecule has 4 rings (SSSR count). The standard InChI is InChI=1S/C23H24N4O4S3/c1-3-31-21(30)18-15-6-4-5-7-16(15)33-20(18)24-17(28)12-32-23-27-26-22(34-23)25-19(29)14-10-8-13(2)9-11-14/h8-11H,3-7,12H2,1-2H3,(H,24,28)(H,25,26,29). The Morgan fingerprint density at radius 1 is 1.06 bits per heavy atom. The van der Waals surface area contributed by atoms with Crippen LogP contribution in [0.15, 0.2) is 28.6 Å². The number of nitrogens with one attached hydrogen (secondary N) is 2. The van der Waals surface area contributed by atoms with E-state index in [-0.39, 0.29) is 30.1 Å². The van der Waals surface area contributed by atoms with Crippen LogP contribution in [0.1, 0.15) is 56.5 Å². The number of thiophene rings is 1. The summed E-state index contributed by atoms with van der Waals surface area (Å²) in [6.07, 6.45) is 3.85. The van der Waals surface area contributed by atoms with Crippen LogP contribution < -0.4 is 10.6 Å². The molecule has 178 valence electrons. The first-order valence-electron chi connectivity index (χ1n) is 10.9. The number of fused-ring (bicyclic) bond motifs is 1. The number of amides is 2. The van der Waals surface area contributed by atoms with Crippen molar-refractivity contribution in [2.24, 2.45) is 0 Å². The Kier molecular flexibility index (Phi) is 7.96. The van der Waals surface area contributed by atoms with Crippen LogP contribution in [-0.2, 0) is 22.4 Å². The Bertz CT molecular complexity index is 1200. The van der Waals surface area contributed by atoms with E-state index in [0.717, 1.165) is 41.7 Å². The number of ether oxygens (including phenoxy) is 1. The SMILES string of the molecule is CCOC(=O)c1c(NC(=O)CSc2nnc(NC(=O)c3ccc(C)cc3)s2)sc2c1CCCC2. The molecule has 0 spiro atoms. The molecule has 34 heavy (non-hydrogen) atoms. The van der Waals surface area contributed by atoms with E-state index in [4.69, 9.17) is 4.74 Å². The van der Waals surface area contributed by atoms with E-state index in [1.807, 2.05) is 19.1 Å². The molecule has 2 heterocycles. The number of benzene rings is 1. The lowest BCUT2D eigenvalue weighted by Crippen LogP contribution is -2.17. The second-order valence-electron chi connectivity index (χ2n) is 7.67. The lowest BCUT2D eigenvalue weighted by molar-refractivity contribution is -0.113. The highest BCUT2D eigenvalue weighted by Gasteiger charge is 2.27. The Balaban J connectivity index is 1.35. The van der Waals surface area contributed by atoms with E-state index >= 15 is 0 Å². The predicted octanol–water partition coefficient (Wildman–Crippen LogP) is 4.95. The van der Waals surface area contributed by atoms with E-state index in [1.54, 1.807) is 19.1 Å². The van der Waals surface area contributed by atoms with Crippen molar-refractivity contribution in [3.05, 3.63) is 51.4 Å². The van der Waals surface area contributed by atoms with Crippen molar-refractivity contribution in [1.82, 2.24) is 10.2 Å². The van der Waals surface area contributed by atoms with E-state index in [1.165, 1.54) is 34.4 Å². The fraction of sp³-hybridized carbons (Fsp3) is 0.348. The number of rotatable bonds is 8. The number of anilines is 2. The molecule has 0 radical (unpaired) electrons. The van der Waals surface area contributed by atoms with Gasteiger partial charge in [0.05, 0.1) is 17.9 Å². The van der Waals surface area contributed by atoms with Crippen LogP contribution in [0.5, 0.6) is 0 Å². The van der Waals surface area contributed by atoms with Gasteiger partial charge in [-0.25, -0.2) is 4.79 Å². The van der Waals surface area contributed by atoms with Gasteiger partial charge in [0.2, 0.25) is 11.0 Å². The summed E-state index contributed by atoms with van der Waals surface area (Å²) in [4.78, 5) is 38.7. The molecule has 0 bridgehead atoms. The molecule has 0 atom stereocenters. The average molecular weight is 517 g/mol. The zero-order chi connectivity index (χ0) is 24.1. The third-order valence-corrected chi connectivity index (χ3v) is 8.35. The Morgan fingerprint density at radius 3 is 2.59 bits per heavy atom. The monoisotopic (exact) mass is 516 g/mol. The van der Waals surface area contributed by atoms with Crippen LogP contribution >= 0.6 is 34.4 Å². The van der Waals surface area contributed by atoms with Crippen LogP contribution in [0.2, 0.25) is 0 Å². The highest BCUT2D eigenvalue weighted by Crippen LogP contribution is 2.38. The van der Waals surface area contributed by atoms with Gasteiger partial charge in [0, 0.05) is 10.4 Å². The minimum absolute atomic E-state index is 0.103. The molecule has 2 amide bonds. The number of hydrogen-bond donors (Lipinski definition) is 2. The lowest BCUT2D eigenvalue weighted by Gasteiger charge is -2.12. The van der Waals surface area contributed by atoms with E-state index < -0.39 is 0 Å². The highest BCUT2D eigenvalue weighted by atomic mass is 32.2. The first kappa shape index (κ1) is 24.4. The molecule has 2 N–H and O–H groups in total. The van der Waals surface area contributed by atoms with Crippen molar-refractivity contribution in [3.8, 4) is 0 Å². The summed E-state index contributed by atoms with van der Waals surface area (Å²) in [5.41, 5.74) is 3.11.